The average Bonchev–Trinajstić information content (AvgIpc) is 2.92. The molecule has 0 aromatic heterocycles. The maximum atomic E-state index is 13.4. The molecule has 1 amide bonds. The molecule has 1 atom stereocenters. The number of carbonyl (C=O) groups is 2. The summed E-state index contributed by atoms with van der Waals surface area (Å²) in [7, 11) is 0. The summed E-state index contributed by atoms with van der Waals surface area (Å²) in [6.45, 7) is 3.80. The average molecular weight is 544 g/mol. The van der Waals surface area contributed by atoms with Gasteiger partial charge in [0, 0.05) is 16.4 Å². The Balaban J connectivity index is 1.59. The van der Waals surface area contributed by atoms with E-state index in [9.17, 15) is 14.9 Å². The monoisotopic (exact) mass is 543 g/mol. The van der Waals surface area contributed by atoms with Gasteiger partial charge in [-0.3, -0.25) is 4.79 Å². The highest BCUT2D eigenvalue weighted by atomic mass is 35.5. The zero-order chi connectivity index (χ0) is 27.1. The summed E-state index contributed by atoms with van der Waals surface area (Å²) in [5, 5.41) is 17.4. The molecule has 0 aliphatic carbocycles. The number of benzene rings is 3. The van der Waals surface area contributed by atoms with Gasteiger partial charge in [-0.15, -0.1) is 0 Å². The molecule has 8 heteroatoms. The molecule has 3 aromatic carbocycles. The quantitative estimate of drug-likeness (QED) is 0.317. The van der Waals surface area contributed by atoms with Crippen molar-refractivity contribution in [2.24, 2.45) is 0 Å². The fourth-order valence-electron chi connectivity index (χ4n) is 4.12. The molecule has 0 bridgehead atoms. The van der Waals surface area contributed by atoms with Crippen LogP contribution in [0.25, 0.3) is 0 Å². The van der Waals surface area contributed by atoms with Gasteiger partial charge in [0.2, 0.25) is 5.91 Å². The van der Waals surface area contributed by atoms with Crippen LogP contribution in [0.15, 0.2) is 101 Å². The van der Waals surface area contributed by atoms with Gasteiger partial charge in [-0.1, -0.05) is 84.0 Å². The lowest BCUT2D eigenvalue weighted by atomic mass is 9.82. The number of aryl methyl sites for hydroxylation is 1. The van der Waals surface area contributed by atoms with Gasteiger partial charge >= 0.3 is 5.97 Å². The van der Waals surface area contributed by atoms with E-state index in [1.807, 2.05) is 61.5 Å². The molecule has 0 saturated carbocycles. The number of carbonyl (C=O) groups excluding carboxylic acids is 2. The van der Waals surface area contributed by atoms with E-state index >= 15 is 0 Å². The van der Waals surface area contributed by atoms with Gasteiger partial charge in [0.15, 0.2) is 0 Å². The number of rotatable bonds is 8. The molecule has 0 saturated heterocycles. The normalized spacial score (nSPS) is 14.9. The lowest BCUT2D eigenvalue weighted by Crippen LogP contribution is -2.29. The summed E-state index contributed by atoms with van der Waals surface area (Å²) in [5.41, 5.74) is 4.51. The summed E-state index contributed by atoms with van der Waals surface area (Å²) in [6.07, 6.45) is 0. The first-order chi connectivity index (χ1) is 18.4. The van der Waals surface area contributed by atoms with Crippen molar-refractivity contribution < 1.29 is 14.3 Å². The van der Waals surface area contributed by atoms with E-state index in [4.69, 9.17) is 16.3 Å². The van der Waals surface area contributed by atoms with Crippen molar-refractivity contribution in [2.75, 3.05) is 11.1 Å². The van der Waals surface area contributed by atoms with Crippen LogP contribution in [-0.4, -0.2) is 17.6 Å². The Morgan fingerprint density at radius 1 is 1.03 bits per heavy atom. The molecule has 192 valence electrons. The number of para-hydroxylation sites is 1. The van der Waals surface area contributed by atoms with E-state index in [0.29, 0.717) is 26.9 Å². The Bertz CT molecular complexity index is 1440. The molecule has 3 aromatic rings. The number of hydrogen-bond acceptors (Lipinski definition) is 6. The molecule has 0 fully saturated rings. The number of halogens is 1. The van der Waals surface area contributed by atoms with E-state index < -0.39 is 11.9 Å². The number of nitriles is 1. The third-order valence-electron chi connectivity index (χ3n) is 6.05. The van der Waals surface area contributed by atoms with Crippen LogP contribution < -0.4 is 10.6 Å². The smallest absolute Gasteiger partial charge is 0.337 e. The number of esters is 1. The van der Waals surface area contributed by atoms with E-state index in [1.165, 1.54) is 11.8 Å². The Morgan fingerprint density at radius 2 is 1.71 bits per heavy atom. The minimum atomic E-state index is -0.677. The standard InChI is InChI=1S/C30H26ClN3O3S/c1-19-8-6-7-11-25(19)34-26(35)18-38-29-24(16-32)28(22-12-14-23(31)15-13-22)27(20(2)33-29)30(36)37-17-21-9-4-3-5-10-21/h3-15,28,33H,17-18H2,1-2H3,(H,34,35). The highest BCUT2D eigenvalue weighted by molar-refractivity contribution is 8.03. The van der Waals surface area contributed by atoms with E-state index in [1.54, 1.807) is 31.2 Å². The molecule has 6 nitrogen and oxygen atoms in total. The lowest BCUT2D eigenvalue weighted by Gasteiger charge is -2.29. The number of nitrogens with one attached hydrogen (secondary N) is 2. The number of allylic oxidation sites excluding steroid dienone is 2. The third kappa shape index (κ3) is 6.46. The van der Waals surface area contributed by atoms with Crippen molar-refractivity contribution >= 4 is 40.9 Å². The zero-order valence-electron chi connectivity index (χ0n) is 21.0. The van der Waals surface area contributed by atoms with Crippen molar-refractivity contribution in [3.63, 3.8) is 0 Å². The zero-order valence-corrected chi connectivity index (χ0v) is 22.5. The number of thioether (sulfide) groups is 1. The van der Waals surface area contributed by atoms with Crippen LogP contribution in [0, 0.1) is 18.3 Å². The molecule has 2 N–H and O–H groups in total. The fraction of sp³-hybridized carbons (Fsp3) is 0.167. The second kappa shape index (κ2) is 12.5. The largest absolute Gasteiger partial charge is 0.457 e. The van der Waals surface area contributed by atoms with Gasteiger partial charge in [-0.25, -0.2) is 4.79 Å². The summed E-state index contributed by atoms with van der Waals surface area (Å²) in [4.78, 5) is 26.1. The van der Waals surface area contributed by atoms with E-state index in [2.05, 4.69) is 16.7 Å². The molecule has 1 heterocycles. The van der Waals surface area contributed by atoms with Crippen LogP contribution in [0.2, 0.25) is 5.02 Å². The van der Waals surface area contributed by atoms with Crippen molar-refractivity contribution in [2.45, 2.75) is 26.4 Å². The van der Waals surface area contributed by atoms with Gasteiger partial charge in [-0.05, 0) is 48.7 Å². The first kappa shape index (κ1) is 27.1. The molecule has 1 unspecified atom stereocenters. The Kier molecular flexibility index (Phi) is 8.90. The first-order valence-corrected chi connectivity index (χ1v) is 13.3. The van der Waals surface area contributed by atoms with Gasteiger partial charge in [0.25, 0.3) is 0 Å². The second-order valence-corrected chi connectivity index (χ2v) is 10.1. The summed E-state index contributed by atoms with van der Waals surface area (Å²) >= 11 is 7.33. The van der Waals surface area contributed by atoms with Crippen molar-refractivity contribution in [3.8, 4) is 6.07 Å². The number of ether oxygens (including phenoxy) is 1. The number of amides is 1. The van der Waals surface area contributed by atoms with E-state index in [-0.39, 0.29) is 18.3 Å². The lowest BCUT2D eigenvalue weighted by molar-refractivity contribution is -0.140. The highest BCUT2D eigenvalue weighted by Gasteiger charge is 2.35. The van der Waals surface area contributed by atoms with Crippen LogP contribution in [0.3, 0.4) is 0 Å². The highest BCUT2D eigenvalue weighted by Crippen LogP contribution is 2.41. The van der Waals surface area contributed by atoms with Crippen LogP contribution in [-0.2, 0) is 20.9 Å². The van der Waals surface area contributed by atoms with Crippen molar-refractivity contribution in [1.29, 1.82) is 5.26 Å². The van der Waals surface area contributed by atoms with Crippen LogP contribution in [0.4, 0.5) is 5.69 Å². The Hall–Kier alpha value is -3.99. The molecule has 38 heavy (non-hydrogen) atoms. The van der Waals surface area contributed by atoms with Crippen molar-refractivity contribution in [1.82, 2.24) is 5.32 Å². The van der Waals surface area contributed by atoms with Gasteiger partial charge in [-0.2, -0.15) is 5.26 Å². The number of nitrogens with zero attached hydrogens (tertiary/aromatic N) is 1. The number of hydrogen-bond donors (Lipinski definition) is 2. The van der Waals surface area contributed by atoms with Gasteiger partial charge in [0.05, 0.1) is 33.9 Å². The van der Waals surface area contributed by atoms with Gasteiger partial charge in [0.1, 0.15) is 6.61 Å². The fourth-order valence-corrected chi connectivity index (χ4v) is 5.14. The Labute approximate surface area is 231 Å². The topological polar surface area (TPSA) is 91.2 Å². The van der Waals surface area contributed by atoms with Crippen molar-refractivity contribution in [3.05, 3.63) is 122 Å². The predicted octanol–water partition coefficient (Wildman–Crippen LogP) is 6.46. The second-order valence-electron chi connectivity index (χ2n) is 8.72. The maximum absolute atomic E-state index is 13.4. The first-order valence-electron chi connectivity index (χ1n) is 11.9. The molecule has 0 radical (unpaired) electrons. The maximum Gasteiger partial charge on any atom is 0.337 e. The molecule has 0 spiro atoms. The minimum absolute atomic E-state index is 0.0796. The van der Waals surface area contributed by atoms with Gasteiger partial charge < -0.3 is 15.4 Å². The Morgan fingerprint density at radius 3 is 2.39 bits per heavy atom. The molecular weight excluding hydrogens is 518 g/mol. The summed E-state index contributed by atoms with van der Waals surface area (Å²) < 4.78 is 5.65. The van der Waals surface area contributed by atoms with Crippen LogP contribution in [0.5, 0.6) is 0 Å². The summed E-state index contributed by atoms with van der Waals surface area (Å²) in [5.74, 6) is -1.32. The third-order valence-corrected chi connectivity index (χ3v) is 7.32. The SMILES string of the molecule is CC1=C(C(=O)OCc2ccccc2)C(c2ccc(Cl)cc2)C(C#N)=C(SCC(=O)Nc2ccccc2C)N1. The minimum Gasteiger partial charge on any atom is -0.457 e. The molecule has 1 aliphatic heterocycles. The van der Waals surface area contributed by atoms with E-state index in [0.717, 1.165) is 22.4 Å². The molecule has 1 aliphatic rings. The molecular formula is C30H26ClN3O3S. The molecule has 4 rings (SSSR count). The predicted molar refractivity (Wildman–Crippen MR) is 151 cm³/mol. The van der Waals surface area contributed by atoms with Crippen LogP contribution in [0.1, 0.15) is 29.5 Å². The summed E-state index contributed by atoms with van der Waals surface area (Å²) in [6, 6.07) is 26.2. The number of dihydropyridines is 1. The van der Waals surface area contributed by atoms with Crippen LogP contribution >= 0.6 is 23.4 Å². The number of anilines is 1.